The summed E-state index contributed by atoms with van der Waals surface area (Å²) in [6.07, 6.45) is 2.01. The summed E-state index contributed by atoms with van der Waals surface area (Å²) in [5, 5.41) is 3.03. The first-order chi connectivity index (χ1) is 11.7. The normalized spacial score (nSPS) is 18.1. The highest BCUT2D eigenvalue weighted by Crippen LogP contribution is 2.21. The molecule has 0 unspecified atom stereocenters. The summed E-state index contributed by atoms with van der Waals surface area (Å²) < 4.78 is 5.14. The van der Waals surface area contributed by atoms with Gasteiger partial charge in [-0.25, -0.2) is 0 Å². The van der Waals surface area contributed by atoms with Gasteiger partial charge in [-0.2, -0.15) is 0 Å². The first-order valence-electron chi connectivity index (χ1n) is 8.46. The molecular weight excluding hydrogens is 300 g/mol. The quantitative estimate of drug-likeness (QED) is 0.914. The Hall–Kier alpha value is -2.33. The van der Waals surface area contributed by atoms with Crippen LogP contribution < -0.4 is 10.1 Å². The van der Waals surface area contributed by atoms with Gasteiger partial charge in [-0.05, 0) is 49.2 Å². The largest absolute Gasteiger partial charge is 0.497 e. The highest BCUT2D eigenvalue weighted by Gasteiger charge is 2.25. The van der Waals surface area contributed by atoms with E-state index >= 15 is 0 Å². The molecule has 1 aliphatic heterocycles. The highest BCUT2D eigenvalue weighted by atomic mass is 16.5. The minimum Gasteiger partial charge on any atom is -0.497 e. The fraction of sp³-hybridized carbons (Fsp3) is 0.350. The molecule has 1 fully saturated rings. The Balaban J connectivity index is 1.56. The van der Waals surface area contributed by atoms with Crippen molar-refractivity contribution in [1.29, 1.82) is 0 Å². The van der Waals surface area contributed by atoms with Gasteiger partial charge in [0.05, 0.1) is 13.0 Å². The molecule has 1 amide bonds. The smallest absolute Gasteiger partial charge is 0.228 e. The highest BCUT2D eigenvalue weighted by molar-refractivity contribution is 5.92. The number of hydrogen-bond acceptors (Lipinski definition) is 3. The van der Waals surface area contributed by atoms with E-state index in [0.717, 1.165) is 43.9 Å². The van der Waals surface area contributed by atoms with Crippen molar-refractivity contribution in [2.75, 3.05) is 25.5 Å². The van der Waals surface area contributed by atoms with E-state index in [4.69, 9.17) is 4.74 Å². The van der Waals surface area contributed by atoms with Crippen LogP contribution >= 0.6 is 0 Å². The Labute approximate surface area is 143 Å². The average molecular weight is 324 g/mol. The van der Waals surface area contributed by atoms with Crippen molar-refractivity contribution in [2.24, 2.45) is 5.92 Å². The fourth-order valence-electron chi connectivity index (χ4n) is 3.17. The van der Waals surface area contributed by atoms with Crippen LogP contribution in [0, 0.1) is 5.92 Å². The molecule has 0 spiro atoms. The number of nitrogens with zero attached hydrogens (tertiary/aromatic N) is 1. The summed E-state index contributed by atoms with van der Waals surface area (Å²) in [6.45, 7) is 2.78. The second kappa shape index (κ2) is 7.97. The second-order valence-corrected chi connectivity index (χ2v) is 6.28. The van der Waals surface area contributed by atoms with Crippen molar-refractivity contribution in [1.82, 2.24) is 4.90 Å². The van der Waals surface area contributed by atoms with Crippen LogP contribution in [0.15, 0.2) is 54.6 Å². The number of carbonyl (C=O) groups excluding carboxylic acids is 1. The summed E-state index contributed by atoms with van der Waals surface area (Å²) in [6, 6.07) is 17.9. The van der Waals surface area contributed by atoms with Gasteiger partial charge in [0, 0.05) is 18.8 Å². The van der Waals surface area contributed by atoms with Crippen LogP contribution in [-0.2, 0) is 11.3 Å². The molecular formula is C20H24N2O2. The predicted octanol–water partition coefficient (Wildman–Crippen LogP) is 3.55. The van der Waals surface area contributed by atoms with Gasteiger partial charge >= 0.3 is 0 Å². The van der Waals surface area contributed by atoms with Crippen molar-refractivity contribution >= 4 is 11.6 Å². The van der Waals surface area contributed by atoms with Gasteiger partial charge in [-0.1, -0.05) is 30.3 Å². The van der Waals surface area contributed by atoms with E-state index in [1.807, 2.05) is 30.3 Å². The number of amides is 1. The maximum absolute atomic E-state index is 12.6. The monoisotopic (exact) mass is 324 g/mol. The van der Waals surface area contributed by atoms with E-state index in [0.29, 0.717) is 0 Å². The first kappa shape index (κ1) is 16.5. The lowest BCUT2D eigenvalue weighted by atomic mass is 9.96. The van der Waals surface area contributed by atoms with E-state index in [1.54, 1.807) is 7.11 Å². The number of hydrogen-bond donors (Lipinski definition) is 1. The Morgan fingerprint density at radius 3 is 2.62 bits per heavy atom. The van der Waals surface area contributed by atoms with Gasteiger partial charge < -0.3 is 10.1 Å². The second-order valence-electron chi connectivity index (χ2n) is 6.28. The van der Waals surface area contributed by atoms with Crippen molar-refractivity contribution < 1.29 is 9.53 Å². The molecule has 2 aromatic carbocycles. The predicted molar refractivity (Wildman–Crippen MR) is 96.1 cm³/mol. The topological polar surface area (TPSA) is 41.6 Å². The Bertz CT molecular complexity index is 655. The molecule has 126 valence electrons. The minimum atomic E-state index is 0.0459. The lowest BCUT2D eigenvalue weighted by Gasteiger charge is -2.32. The summed E-state index contributed by atoms with van der Waals surface area (Å²) in [4.78, 5) is 14.9. The first-order valence-corrected chi connectivity index (χ1v) is 8.46. The van der Waals surface area contributed by atoms with Crippen LogP contribution in [0.5, 0.6) is 5.75 Å². The van der Waals surface area contributed by atoms with Crippen LogP contribution in [0.3, 0.4) is 0 Å². The molecule has 2 aromatic rings. The van der Waals surface area contributed by atoms with E-state index in [1.165, 1.54) is 5.56 Å². The number of carbonyl (C=O) groups is 1. The summed E-state index contributed by atoms with van der Waals surface area (Å²) in [5.41, 5.74) is 2.12. The Morgan fingerprint density at radius 1 is 1.17 bits per heavy atom. The van der Waals surface area contributed by atoms with Crippen LogP contribution in [0.2, 0.25) is 0 Å². The van der Waals surface area contributed by atoms with Crippen LogP contribution in [0.25, 0.3) is 0 Å². The molecule has 0 bridgehead atoms. The number of benzene rings is 2. The molecule has 0 aliphatic carbocycles. The molecule has 0 radical (unpaired) electrons. The third kappa shape index (κ3) is 4.36. The lowest BCUT2D eigenvalue weighted by molar-refractivity contribution is -0.121. The molecule has 24 heavy (non-hydrogen) atoms. The maximum atomic E-state index is 12.6. The molecule has 1 heterocycles. The van der Waals surface area contributed by atoms with Crippen LogP contribution in [-0.4, -0.2) is 31.0 Å². The number of anilines is 1. The molecule has 1 saturated heterocycles. The number of nitrogens with one attached hydrogen (secondary N) is 1. The van der Waals surface area contributed by atoms with Crippen molar-refractivity contribution in [3.05, 3.63) is 60.2 Å². The number of piperidine rings is 1. The van der Waals surface area contributed by atoms with Crippen molar-refractivity contribution in [3.63, 3.8) is 0 Å². The van der Waals surface area contributed by atoms with Crippen molar-refractivity contribution in [2.45, 2.75) is 19.4 Å². The van der Waals surface area contributed by atoms with E-state index < -0.39 is 0 Å². The molecule has 3 rings (SSSR count). The number of rotatable bonds is 5. The standard InChI is InChI=1S/C20H24N2O2/c1-24-19-11-9-18(10-12-19)21-20(23)17-8-5-13-22(15-17)14-16-6-3-2-4-7-16/h2-4,6-7,9-12,17H,5,8,13-15H2,1H3,(H,21,23)/t17-/m0/s1. The molecule has 1 N–H and O–H groups in total. The summed E-state index contributed by atoms with van der Waals surface area (Å²) in [5.74, 6) is 0.946. The molecule has 4 nitrogen and oxygen atoms in total. The molecule has 0 aromatic heterocycles. The van der Waals surface area contributed by atoms with Gasteiger partial charge in [-0.3, -0.25) is 9.69 Å². The van der Waals surface area contributed by atoms with Gasteiger partial charge in [0.25, 0.3) is 0 Å². The minimum absolute atomic E-state index is 0.0459. The zero-order chi connectivity index (χ0) is 16.8. The number of methoxy groups -OCH3 is 1. The Morgan fingerprint density at radius 2 is 1.92 bits per heavy atom. The Kier molecular flexibility index (Phi) is 5.49. The van der Waals surface area contributed by atoms with E-state index in [2.05, 4.69) is 34.5 Å². The van der Waals surface area contributed by atoms with Gasteiger partial charge in [0.15, 0.2) is 0 Å². The third-order valence-electron chi connectivity index (χ3n) is 4.48. The zero-order valence-corrected chi connectivity index (χ0v) is 14.1. The fourth-order valence-corrected chi connectivity index (χ4v) is 3.17. The van der Waals surface area contributed by atoms with E-state index in [-0.39, 0.29) is 11.8 Å². The zero-order valence-electron chi connectivity index (χ0n) is 14.1. The van der Waals surface area contributed by atoms with Gasteiger partial charge in [0.2, 0.25) is 5.91 Å². The maximum Gasteiger partial charge on any atom is 0.228 e. The lowest BCUT2D eigenvalue weighted by Crippen LogP contribution is -2.40. The van der Waals surface area contributed by atoms with Crippen LogP contribution in [0.1, 0.15) is 18.4 Å². The SMILES string of the molecule is COc1ccc(NC(=O)[C@H]2CCCN(Cc3ccccc3)C2)cc1. The molecule has 4 heteroatoms. The molecule has 0 saturated carbocycles. The van der Waals surface area contributed by atoms with Gasteiger partial charge in [-0.15, -0.1) is 0 Å². The van der Waals surface area contributed by atoms with E-state index in [9.17, 15) is 4.79 Å². The third-order valence-corrected chi connectivity index (χ3v) is 4.48. The molecule has 1 atom stereocenters. The van der Waals surface area contributed by atoms with Crippen LogP contribution in [0.4, 0.5) is 5.69 Å². The van der Waals surface area contributed by atoms with Gasteiger partial charge in [0.1, 0.15) is 5.75 Å². The number of ether oxygens (including phenoxy) is 1. The number of likely N-dealkylation sites (tertiary alicyclic amines) is 1. The summed E-state index contributed by atoms with van der Waals surface area (Å²) in [7, 11) is 1.64. The van der Waals surface area contributed by atoms with Crippen molar-refractivity contribution in [3.8, 4) is 5.75 Å². The average Bonchev–Trinajstić information content (AvgIpc) is 2.63. The summed E-state index contributed by atoms with van der Waals surface area (Å²) >= 11 is 0. The molecule has 1 aliphatic rings.